The Morgan fingerprint density at radius 1 is 1.36 bits per heavy atom. The van der Waals surface area contributed by atoms with E-state index in [9.17, 15) is 4.79 Å². The molecule has 3 heteroatoms. The lowest BCUT2D eigenvalue weighted by molar-refractivity contribution is 0.0654. The molecule has 0 unspecified atom stereocenters. The molecule has 0 fully saturated rings. The second-order valence-corrected chi connectivity index (χ2v) is 2.85. The largest absolute Gasteiger partial charge is 0.458 e. The zero-order chi connectivity index (χ0) is 8.27. The van der Waals surface area contributed by atoms with Crippen molar-refractivity contribution in [2.75, 3.05) is 0 Å². The zero-order valence-electron chi connectivity index (χ0n) is 5.71. The van der Waals surface area contributed by atoms with Gasteiger partial charge in [0, 0.05) is 4.47 Å². The fourth-order valence-electron chi connectivity index (χ4n) is 0.669. The van der Waals surface area contributed by atoms with Gasteiger partial charge >= 0.3 is 5.97 Å². The van der Waals surface area contributed by atoms with Crippen LogP contribution in [0.3, 0.4) is 0 Å². The first-order chi connectivity index (χ1) is 5.24. The zero-order valence-corrected chi connectivity index (χ0v) is 7.30. The lowest BCUT2D eigenvalue weighted by Crippen LogP contribution is -1.98. The summed E-state index contributed by atoms with van der Waals surface area (Å²) in [6, 6.07) is 6.87. The average molecular weight is 214 g/mol. The van der Waals surface area contributed by atoms with Crippen LogP contribution in [0, 0.1) is 7.11 Å². The molecule has 0 amide bonds. The Labute approximate surface area is 73.3 Å². The van der Waals surface area contributed by atoms with E-state index in [2.05, 4.69) is 27.8 Å². The third-order valence-corrected chi connectivity index (χ3v) is 1.74. The molecule has 57 valence electrons. The standard InChI is InChI=1S/C8H6BrO2/c1-11-8(10)6-2-4-7(9)5-3-6/h2-5H,1H2. The second kappa shape index (κ2) is 3.53. The second-order valence-electron chi connectivity index (χ2n) is 1.94. The molecule has 0 saturated carbocycles. The van der Waals surface area contributed by atoms with Gasteiger partial charge < -0.3 is 4.74 Å². The molecular formula is C8H6BrO2. The van der Waals surface area contributed by atoms with Gasteiger partial charge in [-0.15, -0.1) is 0 Å². The highest BCUT2D eigenvalue weighted by atomic mass is 79.9. The van der Waals surface area contributed by atoms with E-state index in [1.54, 1.807) is 24.3 Å². The lowest BCUT2D eigenvalue weighted by Gasteiger charge is -1.96. The monoisotopic (exact) mass is 213 g/mol. The summed E-state index contributed by atoms with van der Waals surface area (Å²) < 4.78 is 5.20. The minimum absolute atomic E-state index is 0.419. The van der Waals surface area contributed by atoms with E-state index >= 15 is 0 Å². The lowest BCUT2D eigenvalue weighted by atomic mass is 10.2. The summed E-state index contributed by atoms with van der Waals surface area (Å²) in [5.41, 5.74) is 0.503. The minimum Gasteiger partial charge on any atom is -0.458 e. The number of carbonyl (C=O) groups excluding carboxylic acids is 1. The molecule has 0 aliphatic carbocycles. The summed E-state index contributed by atoms with van der Waals surface area (Å²) in [5.74, 6) is -0.419. The number of hydrogen-bond donors (Lipinski definition) is 0. The van der Waals surface area contributed by atoms with Crippen LogP contribution in [-0.2, 0) is 4.74 Å². The van der Waals surface area contributed by atoms with Gasteiger partial charge in [0.05, 0.1) is 5.56 Å². The van der Waals surface area contributed by atoms with Crippen LogP contribution >= 0.6 is 15.9 Å². The highest BCUT2D eigenvalue weighted by Gasteiger charge is 2.02. The maximum absolute atomic E-state index is 10.8. The Morgan fingerprint density at radius 3 is 2.36 bits per heavy atom. The van der Waals surface area contributed by atoms with Gasteiger partial charge in [-0.3, -0.25) is 0 Å². The normalized spacial score (nSPS) is 9.27. The van der Waals surface area contributed by atoms with E-state index in [-0.39, 0.29) is 0 Å². The fraction of sp³-hybridized carbons (Fsp3) is 0. The summed E-state index contributed by atoms with van der Waals surface area (Å²) >= 11 is 3.25. The maximum atomic E-state index is 10.8. The van der Waals surface area contributed by atoms with Crippen LogP contribution in [0.5, 0.6) is 0 Å². The summed E-state index contributed by atoms with van der Waals surface area (Å²) in [5, 5.41) is 0. The molecule has 0 aromatic heterocycles. The van der Waals surface area contributed by atoms with E-state index in [1.807, 2.05) is 0 Å². The van der Waals surface area contributed by atoms with Crippen LogP contribution in [0.15, 0.2) is 28.7 Å². The van der Waals surface area contributed by atoms with Crippen molar-refractivity contribution in [3.63, 3.8) is 0 Å². The van der Waals surface area contributed by atoms with E-state index in [0.29, 0.717) is 5.56 Å². The van der Waals surface area contributed by atoms with E-state index in [4.69, 9.17) is 0 Å². The highest BCUT2D eigenvalue weighted by Crippen LogP contribution is 2.10. The molecule has 0 saturated heterocycles. The summed E-state index contributed by atoms with van der Waals surface area (Å²) in [6.45, 7) is 0. The SMILES string of the molecule is [CH2]OC(=O)c1ccc(Br)cc1. The molecule has 1 rings (SSSR count). The van der Waals surface area contributed by atoms with Crippen molar-refractivity contribution in [3.8, 4) is 0 Å². The molecule has 0 aliphatic heterocycles. The van der Waals surface area contributed by atoms with Crippen LogP contribution in [0.2, 0.25) is 0 Å². The number of ether oxygens (including phenoxy) is 1. The first kappa shape index (κ1) is 8.27. The first-order valence-corrected chi connectivity index (χ1v) is 3.75. The van der Waals surface area contributed by atoms with Gasteiger partial charge in [-0.2, -0.15) is 0 Å². The van der Waals surface area contributed by atoms with Crippen molar-refractivity contribution in [1.29, 1.82) is 0 Å². The van der Waals surface area contributed by atoms with Crippen molar-refractivity contribution >= 4 is 21.9 Å². The fourth-order valence-corrected chi connectivity index (χ4v) is 0.934. The van der Waals surface area contributed by atoms with Crippen molar-refractivity contribution in [3.05, 3.63) is 41.4 Å². The molecule has 0 heterocycles. The number of esters is 1. The molecule has 0 aliphatic rings. The number of hydrogen-bond acceptors (Lipinski definition) is 2. The third kappa shape index (κ3) is 2.05. The number of benzene rings is 1. The summed E-state index contributed by atoms with van der Waals surface area (Å²) in [6.07, 6.45) is 0. The maximum Gasteiger partial charge on any atom is 0.338 e. The minimum atomic E-state index is -0.419. The Balaban J connectivity index is 2.90. The van der Waals surface area contributed by atoms with Crippen molar-refractivity contribution in [1.82, 2.24) is 0 Å². The average Bonchev–Trinajstić information content (AvgIpc) is 2.05. The molecule has 1 aromatic carbocycles. The molecule has 0 spiro atoms. The predicted molar refractivity (Wildman–Crippen MR) is 44.9 cm³/mol. The summed E-state index contributed by atoms with van der Waals surface area (Å²) in [4.78, 5) is 10.8. The van der Waals surface area contributed by atoms with Crippen LogP contribution < -0.4 is 0 Å². The van der Waals surface area contributed by atoms with Gasteiger partial charge in [-0.1, -0.05) is 15.9 Å². The molecule has 1 aromatic rings. The van der Waals surface area contributed by atoms with Gasteiger partial charge in [0.15, 0.2) is 0 Å². The van der Waals surface area contributed by atoms with Gasteiger partial charge in [-0.05, 0) is 24.3 Å². The van der Waals surface area contributed by atoms with Gasteiger partial charge in [-0.25, -0.2) is 4.79 Å². The van der Waals surface area contributed by atoms with Crippen LogP contribution in [0.25, 0.3) is 0 Å². The number of carbonyl (C=O) groups is 1. The predicted octanol–water partition coefficient (Wildman–Crippen LogP) is 2.40. The molecule has 1 radical (unpaired) electrons. The van der Waals surface area contributed by atoms with Gasteiger partial charge in [0.25, 0.3) is 0 Å². The molecule has 11 heavy (non-hydrogen) atoms. The molecule has 0 N–H and O–H groups in total. The van der Waals surface area contributed by atoms with Gasteiger partial charge in [0.2, 0.25) is 0 Å². The summed E-state index contributed by atoms with van der Waals surface area (Å²) in [7, 11) is 3.02. The Kier molecular flexibility index (Phi) is 2.65. The molecule has 0 atom stereocenters. The Morgan fingerprint density at radius 2 is 1.91 bits per heavy atom. The molecule has 0 bridgehead atoms. The first-order valence-electron chi connectivity index (χ1n) is 2.96. The Bertz CT molecular complexity index is 253. The van der Waals surface area contributed by atoms with Crippen LogP contribution in [0.4, 0.5) is 0 Å². The van der Waals surface area contributed by atoms with Crippen molar-refractivity contribution in [2.24, 2.45) is 0 Å². The van der Waals surface area contributed by atoms with E-state index in [1.165, 1.54) is 0 Å². The van der Waals surface area contributed by atoms with Crippen molar-refractivity contribution < 1.29 is 9.53 Å². The third-order valence-electron chi connectivity index (χ3n) is 1.21. The Hall–Kier alpha value is -0.830. The van der Waals surface area contributed by atoms with Crippen LogP contribution in [-0.4, -0.2) is 5.97 Å². The quantitative estimate of drug-likeness (QED) is 0.671. The van der Waals surface area contributed by atoms with Crippen LogP contribution in [0.1, 0.15) is 10.4 Å². The van der Waals surface area contributed by atoms with Crippen molar-refractivity contribution in [2.45, 2.75) is 0 Å². The number of rotatable bonds is 1. The van der Waals surface area contributed by atoms with Gasteiger partial charge in [0.1, 0.15) is 7.11 Å². The van der Waals surface area contributed by atoms with E-state index < -0.39 is 5.97 Å². The smallest absolute Gasteiger partial charge is 0.338 e. The number of halogens is 1. The highest BCUT2D eigenvalue weighted by molar-refractivity contribution is 9.10. The van der Waals surface area contributed by atoms with E-state index in [0.717, 1.165) is 4.47 Å². The topological polar surface area (TPSA) is 26.3 Å². The molecule has 2 nitrogen and oxygen atoms in total. The molecular weight excluding hydrogens is 208 g/mol.